The second-order valence-electron chi connectivity index (χ2n) is 4.87. The van der Waals surface area contributed by atoms with Crippen molar-refractivity contribution in [1.29, 1.82) is 0 Å². The summed E-state index contributed by atoms with van der Waals surface area (Å²) in [5, 5.41) is 5.32. The van der Waals surface area contributed by atoms with Gasteiger partial charge in [-0.2, -0.15) is 18.2 Å². The van der Waals surface area contributed by atoms with E-state index >= 15 is 0 Å². The van der Waals surface area contributed by atoms with E-state index in [4.69, 9.17) is 5.73 Å². The number of rotatable bonds is 6. The Morgan fingerprint density at radius 3 is 2.62 bits per heavy atom. The molecular weight excluding hydrogens is 287 g/mol. The molecule has 0 spiro atoms. The zero-order valence-corrected chi connectivity index (χ0v) is 11.8. The minimum Gasteiger partial charge on any atom is -0.369 e. The van der Waals surface area contributed by atoms with Crippen LogP contribution in [0, 0.1) is 5.92 Å². The van der Waals surface area contributed by atoms with Crippen LogP contribution in [0.2, 0.25) is 0 Å². The standard InChI is InChI=1S/C12H18F3N5O/c1-7(2)6-18-10(21)3-4-17-9-5-8(12(13,14)15)19-11(16)20-9/h5,7H,3-4,6H2,1-2H3,(H,18,21)(H3,16,17,19,20). The molecule has 0 saturated carbocycles. The molecular formula is C12H18F3N5O. The number of aromatic nitrogens is 2. The molecule has 9 heteroatoms. The third-order valence-electron chi connectivity index (χ3n) is 2.40. The van der Waals surface area contributed by atoms with E-state index in [9.17, 15) is 18.0 Å². The maximum absolute atomic E-state index is 12.5. The van der Waals surface area contributed by atoms with Crippen LogP contribution in [0.4, 0.5) is 24.9 Å². The number of nitrogens with one attached hydrogen (secondary N) is 2. The van der Waals surface area contributed by atoms with E-state index in [1.807, 2.05) is 13.8 Å². The molecule has 0 atom stereocenters. The Morgan fingerprint density at radius 1 is 1.38 bits per heavy atom. The summed E-state index contributed by atoms with van der Waals surface area (Å²) < 4.78 is 37.6. The van der Waals surface area contributed by atoms with Gasteiger partial charge in [0.1, 0.15) is 5.82 Å². The number of alkyl halides is 3. The van der Waals surface area contributed by atoms with E-state index < -0.39 is 17.8 Å². The van der Waals surface area contributed by atoms with Crippen LogP contribution in [0.15, 0.2) is 6.07 Å². The Hall–Kier alpha value is -2.06. The number of nitrogen functional groups attached to an aromatic ring is 1. The number of carbonyl (C=O) groups is 1. The Balaban J connectivity index is 2.52. The zero-order valence-electron chi connectivity index (χ0n) is 11.8. The summed E-state index contributed by atoms with van der Waals surface area (Å²) in [4.78, 5) is 18.2. The molecule has 1 heterocycles. The first-order chi connectivity index (χ1) is 9.68. The third kappa shape index (κ3) is 6.28. The maximum atomic E-state index is 12.5. The van der Waals surface area contributed by atoms with Gasteiger partial charge < -0.3 is 16.4 Å². The van der Waals surface area contributed by atoms with E-state index in [-0.39, 0.29) is 24.7 Å². The van der Waals surface area contributed by atoms with E-state index in [0.29, 0.717) is 12.5 Å². The summed E-state index contributed by atoms with van der Waals surface area (Å²) in [6.07, 6.45) is -4.47. The van der Waals surface area contributed by atoms with Crippen molar-refractivity contribution in [2.24, 2.45) is 5.92 Å². The van der Waals surface area contributed by atoms with Crippen molar-refractivity contribution in [1.82, 2.24) is 15.3 Å². The molecule has 6 nitrogen and oxygen atoms in total. The van der Waals surface area contributed by atoms with Gasteiger partial charge >= 0.3 is 6.18 Å². The molecule has 0 aliphatic rings. The van der Waals surface area contributed by atoms with E-state index in [2.05, 4.69) is 20.6 Å². The predicted molar refractivity (Wildman–Crippen MR) is 72.4 cm³/mol. The normalized spacial score (nSPS) is 11.5. The van der Waals surface area contributed by atoms with Gasteiger partial charge in [0.05, 0.1) is 0 Å². The molecule has 0 bridgehead atoms. The molecule has 0 saturated heterocycles. The van der Waals surface area contributed by atoms with Gasteiger partial charge in [-0.3, -0.25) is 4.79 Å². The lowest BCUT2D eigenvalue weighted by Crippen LogP contribution is -2.28. The van der Waals surface area contributed by atoms with Crippen LogP contribution in [0.5, 0.6) is 0 Å². The molecule has 1 amide bonds. The van der Waals surface area contributed by atoms with Crippen molar-refractivity contribution >= 4 is 17.7 Å². The molecule has 118 valence electrons. The number of hydrogen-bond donors (Lipinski definition) is 3. The van der Waals surface area contributed by atoms with Gasteiger partial charge in [-0.05, 0) is 5.92 Å². The summed E-state index contributed by atoms with van der Waals surface area (Å²) >= 11 is 0. The fourth-order valence-corrected chi connectivity index (χ4v) is 1.41. The summed E-state index contributed by atoms with van der Waals surface area (Å²) in [6.45, 7) is 4.62. The van der Waals surface area contributed by atoms with Crippen molar-refractivity contribution in [2.75, 3.05) is 24.1 Å². The fourth-order valence-electron chi connectivity index (χ4n) is 1.41. The molecule has 1 rings (SSSR count). The number of halogens is 3. The molecule has 1 aromatic rings. The lowest BCUT2D eigenvalue weighted by molar-refractivity contribution is -0.141. The zero-order chi connectivity index (χ0) is 16.0. The molecule has 0 radical (unpaired) electrons. The van der Waals surface area contributed by atoms with Crippen LogP contribution >= 0.6 is 0 Å². The number of hydrogen-bond acceptors (Lipinski definition) is 5. The second kappa shape index (κ2) is 7.09. The van der Waals surface area contributed by atoms with Crippen LogP contribution in [0.1, 0.15) is 26.0 Å². The Kier molecular flexibility index (Phi) is 5.74. The third-order valence-corrected chi connectivity index (χ3v) is 2.40. The highest BCUT2D eigenvalue weighted by Crippen LogP contribution is 2.29. The summed E-state index contributed by atoms with van der Waals surface area (Å²) in [7, 11) is 0. The number of carbonyl (C=O) groups excluding carboxylic acids is 1. The van der Waals surface area contributed by atoms with Gasteiger partial charge in [0, 0.05) is 25.6 Å². The second-order valence-corrected chi connectivity index (χ2v) is 4.87. The van der Waals surface area contributed by atoms with E-state index in [1.165, 1.54) is 0 Å². The highest BCUT2D eigenvalue weighted by Gasteiger charge is 2.33. The minimum absolute atomic E-state index is 0.0634. The van der Waals surface area contributed by atoms with Crippen LogP contribution in [0.3, 0.4) is 0 Å². The minimum atomic E-state index is -4.60. The molecule has 4 N–H and O–H groups in total. The lowest BCUT2D eigenvalue weighted by Gasteiger charge is -2.11. The quantitative estimate of drug-likeness (QED) is 0.743. The van der Waals surface area contributed by atoms with E-state index in [1.54, 1.807) is 0 Å². The molecule has 0 aliphatic heterocycles. The molecule has 0 aromatic carbocycles. The van der Waals surface area contributed by atoms with Gasteiger partial charge in [0.25, 0.3) is 0 Å². The topological polar surface area (TPSA) is 92.9 Å². The first-order valence-corrected chi connectivity index (χ1v) is 6.41. The Morgan fingerprint density at radius 2 is 2.05 bits per heavy atom. The van der Waals surface area contributed by atoms with Crippen molar-refractivity contribution < 1.29 is 18.0 Å². The average molecular weight is 305 g/mol. The first-order valence-electron chi connectivity index (χ1n) is 6.41. The smallest absolute Gasteiger partial charge is 0.369 e. The van der Waals surface area contributed by atoms with Crippen molar-refractivity contribution in [2.45, 2.75) is 26.4 Å². The molecule has 21 heavy (non-hydrogen) atoms. The Bertz CT molecular complexity index is 490. The lowest BCUT2D eigenvalue weighted by atomic mass is 10.2. The summed E-state index contributed by atoms with van der Waals surface area (Å²) in [5.41, 5.74) is 4.10. The number of nitrogens with zero attached hydrogens (tertiary/aromatic N) is 2. The number of nitrogens with two attached hydrogens (primary N) is 1. The van der Waals surface area contributed by atoms with Crippen molar-refractivity contribution in [3.63, 3.8) is 0 Å². The monoisotopic (exact) mass is 305 g/mol. The van der Waals surface area contributed by atoms with Crippen molar-refractivity contribution in [3.05, 3.63) is 11.8 Å². The van der Waals surface area contributed by atoms with Gasteiger partial charge in [-0.25, -0.2) is 4.98 Å². The van der Waals surface area contributed by atoms with Gasteiger partial charge in [0.15, 0.2) is 5.69 Å². The van der Waals surface area contributed by atoms with Crippen LogP contribution < -0.4 is 16.4 Å². The van der Waals surface area contributed by atoms with Gasteiger partial charge in [-0.1, -0.05) is 13.8 Å². The summed E-state index contributed by atoms with van der Waals surface area (Å²) in [6, 6.07) is 0.752. The van der Waals surface area contributed by atoms with Crippen molar-refractivity contribution in [3.8, 4) is 0 Å². The van der Waals surface area contributed by atoms with Crippen LogP contribution in [-0.2, 0) is 11.0 Å². The van der Waals surface area contributed by atoms with Crippen LogP contribution in [0.25, 0.3) is 0 Å². The average Bonchev–Trinajstić information content (AvgIpc) is 2.34. The summed E-state index contributed by atoms with van der Waals surface area (Å²) in [5.74, 6) is -0.393. The highest BCUT2D eigenvalue weighted by molar-refractivity contribution is 5.76. The highest BCUT2D eigenvalue weighted by atomic mass is 19.4. The first kappa shape index (κ1) is 17.0. The molecule has 0 fully saturated rings. The van der Waals surface area contributed by atoms with Gasteiger partial charge in [0.2, 0.25) is 11.9 Å². The fraction of sp³-hybridized carbons (Fsp3) is 0.583. The maximum Gasteiger partial charge on any atom is 0.433 e. The number of anilines is 2. The SMILES string of the molecule is CC(C)CNC(=O)CCNc1cc(C(F)(F)F)nc(N)n1. The van der Waals surface area contributed by atoms with Crippen LogP contribution in [-0.4, -0.2) is 29.0 Å². The predicted octanol–water partition coefficient (Wildman–Crippen LogP) is 1.65. The van der Waals surface area contributed by atoms with Gasteiger partial charge in [-0.15, -0.1) is 0 Å². The van der Waals surface area contributed by atoms with E-state index in [0.717, 1.165) is 6.07 Å². The molecule has 1 aromatic heterocycles. The number of amides is 1. The molecule has 0 aliphatic carbocycles. The Labute approximate surface area is 120 Å². The largest absolute Gasteiger partial charge is 0.433 e. The molecule has 0 unspecified atom stereocenters.